The molecule has 0 spiro atoms. The van der Waals surface area contributed by atoms with Gasteiger partial charge in [-0.2, -0.15) is 0 Å². The topological polar surface area (TPSA) is 86.1 Å². The maximum absolute atomic E-state index is 10.7. The van der Waals surface area contributed by atoms with Crippen molar-refractivity contribution in [2.75, 3.05) is 0 Å². The van der Waals surface area contributed by atoms with Gasteiger partial charge in [-0.05, 0) is 23.1 Å². The highest BCUT2D eigenvalue weighted by Gasteiger charge is 2.10. The molecule has 0 radical (unpaired) electrons. The molecule has 16 heavy (non-hydrogen) atoms. The van der Waals surface area contributed by atoms with Crippen LogP contribution in [0.2, 0.25) is 0 Å². The molecule has 1 aromatic carbocycles. The number of nitrogens with zero attached hydrogens (tertiary/aromatic N) is 3. The van der Waals surface area contributed by atoms with E-state index >= 15 is 0 Å². The zero-order chi connectivity index (χ0) is 12.0. The SMILES string of the molecule is C[C@@H](Cc1ccc(CN=[N+]=[N-])cc1)C(=O)O. The summed E-state index contributed by atoms with van der Waals surface area (Å²) in [6.45, 7) is 2.00. The van der Waals surface area contributed by atoms with E-state index in [4.69, 9.17) is 10.6 Å². The van der Waals surface area contributed by atoms with Crippen LogP contribution in [0.3, 0.4) is 0 Å². The fraction of sp³-hybridized carbons (Fsp3) is 0.364. The second-order valence-electron chi connectivity index (χ2n) is 3.65. The van der Waals surface area contributed by atoms with Crippen LogP contribution in [0, 0.1) is 5.92 Å². The summed E-state index contributed by atoms with van der Waals surface area (Å²) in [5.74, 6) is -1.18. The molecule has 0 saturated carbocycles. The molecule has 5 heteroatoms. The van der Waals surface area contributed by atoms with E-state index in [2.05, 4.69) is 10.0 Å². The highest BCUT2D eigenvalue weighted by atomic mass is 16.4. The predicted molar refractivity (Wildman–Crippen MR) is 59.8 cm³/mol. The van der Waals surface area contributed by atoms with Crippen molar-refractivity contribution in [1.29, 1.82) is 0 Å². The van der Waals surface area contributed by atoms with Gasteiger partial charge in [0.1, 0.15) is 0 Å². The van der Waals surface area contributed by atoms with Gasteiger partial charge in [0.25, 0.3) is 0 Å². The lowest BCUT2D eigenvalue weighted by Crippen LogP contribution is -2.12. The number of azide groups is 1. The molecule has 0 fully saturated rings. The van der Waals surface area contributed by atoms with Gasteiger partial charge in [0.15, 0.2) is 0 Å². The van der Waals surface area contributed by atoms with E-state index in [0.717, 1.165) is 11.1 Å². The summed E-state index contributed by atoms with van der Waals surface area (Å²) in [7, 11) is 0. The van der Waals surface area contributed by atoms with Crippen molar-refractivity contribution in [3.05, 3.63) is 45.8 Å². The minimum absolute atomic E-state index is 0.325. The third-order valence-corrected chi connectivity index (χ3v) is 2.30. The molecule has 5 nitrogen and oxygen atoms in total. The molecule has 0 unspecified atom stereocenters. The number of carboxylic acid groups (broad SMARTS) is 1. The highest BCUT2D eigenvalue weighted by Crippen LogP contribution is 2.11. The Hall–Kier alpha value is -2.00. The van der Waals surface area contributed by atoms with E-state index in [1.165, 1.54) is 0 Å². The van der Waals surface area contributed by atoms with Crippen LogP contribution in [-0.2, 0) is 17.8 Å². The largest absolute Gasteiger partial charge is 0.481 e. The molecule has 0 aliphatic heterocycles. The first-order valence-electron chi connectivity index (χ1n) is 4.95. The number of benzene rings is 1. The molecular weight excluding hydrogens is 206 g/mol. The van der Waals surface area contributed by atoms with Crippen molar-refractivity contribution in [1.82, 2.24) is 0 Å². The lowest BCUT2D eigenvalue weighted by molar-refractivity contribution is -0.141. The summed E-state index contributed by atoms with van der Waals surface area (Å²) in [5, 5.41) is 12.2. The van der Waals surface area contributed by atoms with Gasteiger partial charge in [0, 0.05) is 4.91 Å². The van der Waals surface area contributed by atoms with Crippen LogP contribution in [0.25, 0.3) is 10.4 Å². The summed E-state index contributed by atoms with van der Waals surface area (Å²) in [5.41, 5.74) is 10.0. The Labute approximate surface area is 93.3 Å². The van der Waals surface area contributed by atoms with Crippen LogP contribution in [-0.4, -0.2) is 11.1 Å². The molecule has 0 saturated heterocycles. The van der Waals surface area contributed by atoms with Gasteiger partial charge in [-0.15, -0.1) is 0 Å². The first kappa shape index (κ1) is 12.1. The Morgan fingerprint density at radius 1 is 1.44 bits per heavy atom. The molecule has 0 aromatic heterocycles. The minimum Gasteiger partial charge on any atom is -0.481 e. The van der Waals surface area contributed by atoms with E-state index in [1.807, 2.05) is 24.3 Å². The molecule has 1 atom stereocenters. The van der Waals surface area contributed by atoms with Crippen molar-refractivity contribution in [2.24, 2.45) is 11.0 Å². The first-order chi connectivity index (χ1) is 7.63. The molecule has 0 amide bonds. The fourth-order valence-corrected chi connectivity index (χ4v) is 1.33. The van der Waals surface area contributed by atoms with Gasteiger partial charge < -0.3 is 5.11 Å². The quantitative estimate of drug-likeness (QED) is 0.469. The number of carbonyl (C=O) groups is 1. The average molecular weight is 219 g/mol. The van der Waals surface area contributed by atoms with Gasteiger partial charge in [-0.3, -0.25) is 4.79 Å². The molecule has 1 rings (SSSR count). The normalized spacial score (nSPS) is 11.6. The van der Waals surface area contributed by atoms with Crippen LogP contribution in [0.1, 0.15) is 18.1 Å². The Kier molecular flexibility index (Phi) is 4.36. The van der Waals surface area contributed by atoms with Crippen molar-refractivity contribution < 1.29 is 9.90 Å². The van der Waals surface area contributed by atoms with Crippen molar-refractivity contribution in [2.45, 2.75) is 19.9 Å². The third-order valence-electron chi connectivity index (χ3n) is 2.30. The molecule has 0 aliphatic carbocycles. The fourth-order valence-electron chi connectivity index (χ4n) is 1.33. The molecule has 1 aromatic rings. The Bertz CT molecular complexity index is 408. The van der Waals surface area contributed by atoms with Crippen molar-refractivity contribution in [3.63, 3.8) is 0 Å². The maximum Gasteiger partial charge on any atom is 0.306 e. The third kappa shape index (κ3) is 3.63. The lowest BCUT2D eigenvalue weighted by atomic mass is 10.0. The molecule has 0 heterocycles. The van der Waals surface area contributed by atoms with Gasteiger partial charge >= 0.3 is 5.97 Å². The molecular formula is C11H13N3O2. The molecule has 0 bridgehead atoms. The van der Waals surface area contributed by atoms with Crippen LogP contribution < -0.4 is 0 Å². The Morgan fingerprint density at radius 3 is 2.50 bits per heavy atom. The van der Waals surface area contributed by atoms with Gasteiger partial charge in [-0.1, -0.05) is 36.3 Å². The smallest absolute Gasteiger partial charge is 0.306 e. The summed E-state index contributed by atoms with van der Waals surface area (Å²) in [4.78, 5) is 13.3. The summed E-state index contributed by atoms with van der Waals surface area (Å²) in [6.07, 6.45) is 0.511. The van der Waals surface area contributed by atoms with Crippen LogP contribution in [0.15, 0.2) is 29.4 Å². The molecule has 0 aliphatic rings. The van der Waals surface area contributed by atoms with E-state index in [9.17, 15) is 4.79 Å². The van der Waals surface area contributed by atoms with E-state index < -0.39 is 5.97 Å². The predicted octanol–water partition coefficient (Wildman–Crippen LogP) is 2.76. The number of rotatable bonds is 5. The molecule has 84 valence electrons. The number of hydrogen-bond donors (Lipinski definition) is 1. The minimum atomic E-state index is -0.793. The zero-order valence-electron chi connectivity index (χ0n) is 9.00. The number of aliphatic carboxylic acids is 1. The monoisotopic (exact) mass is 219 g/mol. The van der Waals surface area contributed by atoms with Gasteiger partial charge in [0.2, 0.25) is 0 Å². The summed E-state index contributed by atoms with van der Waals surface area (Å²) < 4.78 is 0. The number of hydrogen-bond acceptors (Lipinski definition) is 2. The van der Waals surface area contributed by atoms with E-state index in [0.29, 0.717) is 13.0 Å². The Morgan fingerprint density at radius 2 is 2.00 bits per heavy atom. The van der Waals surface area contributed by atoms with Crippen LogP contribution >= 0.6 is 0 Å². The lowest BCUT2D eigenvalue weighted by Gasteiger charge is -2.06. The Balaban J connectivity index is 2.64. The van der Waals surface area contributed by atoms with Gasteiger partial charge in [0.05, 0.1) is 12.5 Å². The maximum atomic E-state index is 10.7. The molecule has 1 N–H and O–H groups in total. The second kappa shape index (κ2) is 5.78. The second-order valence-corrected chi connectivity index (χ2v) is 3.65. The zero-order valence-corrected chi connectivity index (χ0v) is 9.00. The summed E-state index contributed by atoms with van der Waals surface area (Å²) >= 11 is 0. The average Bonchev–Trinajstić information content (AvgIpc) is 2.28. The first-order valence-corrected chi connectivity index (χ1v) is 4.95. The summed E-state index contributed by atoms with van der Waals surface area (Å²) in [6, 6.07) is 7.42. The number of carboxylic acids is 1. The van der Waals surface area contributed by atoms with E-state index in [1.54, 1.807) is 6.92 Å². The highest BCUT2D eigenvalue weighted by molar-refractivity contribution is 5.69. The van der Waals surface area contributed by atoms with Gasteiger partial charge in [-0.25, -0.2) is 0 Å². The van der Waals surface area contributed by atoms with Crippen LogP contribution in [0.4, 0.5) is 0 Å². The standard InChI is InChI=1S/C11H13N3O2/c1-8(11(15)16)6-9-2-4-10(5-3-9)7-13-14-12/h2-5,8H,6-7H2,1H3,(H,15,16)/t8-/m0/s1. The van der Waals surface area contributed by atoms with Crippen molar-refractivity contribution in [3.8, 4) is 0 Å². The van der Waals surface area contributed by atoms with Crippen molar-refractivity contribution >= 4 is 5.97 Å². The van der Waals surface area contributed by atoms with Crippen LogP contribution in [0.5, 0.6) is 0 Å². The van der Waals surface area contributed by atoms with E-state index in [-0.39, 0.29) is 5.92 Å².